The number of aryl methyl sites for hydroxylation is 5. The van der Waals surface area contributed by atoms with Crippen LogP contribution in [-0.4, -0.2) is 13.2 Å². The van der Waals surface area contributed by atoms with Crippen LogP contribution < -0.4 is 10.5 Å². The third-order valence-corrected chi connectivity index (χ3v) is 4.64. The van der Waals surface area contributed by atoms with E-state index in [4.69, 9.17) is 10.5 Å². The third-order valence-electron chi connectivity index (χ3n) is 4.64. The van der Waals surface area contributed by atoms with E-state index in [0.717, 1.165) is 12.2 Å². The molecular formula is C21H29NO. The maximum atomic E-state index is 6.05. The van der Waals surface area contributed by atoms with Crippen LogP contribution in [0.15, 0.2) is 30.3 Å². The number of ether oxygens (including phenoxy) is 1. The molecule has 2 aromatic rings. The van der Waals surface area contributed by atoms with Crippen molar-refractivity contribution in [2.24, 2.45) is 5.73 Å². The van der Waals surface area contributed by atoms with Crippen LogP contribution in [0.4, 0.5) is 0 Å². The number of rotatable bonds is 6. The first-order chi connectivity index (χ1) is 10.9. The zero-order valence-electron chi connectivity index (χ0n) is 15.1. The normalized spacial score (nSPS) is 12.3. The van der Waals surface area contributed by atoms with Crippen molar-refractivity contribution >= 4 is 0 Å². The molecule has 0 aliphatic carbocycles. The molecule has 0 bridgehead atoms. The lowest BCUT2D eigenvalue weighted by Gasteiger charge is -2.21. The van der Waals surface area contributed by atoms with E-state index in [9.17, 15) is 0 Å². The fourth-order valence-corrected chi connectivity index (χ4v) is 3.34. The molecule has 0 heterocycles. The van der Waals surface area contributed by atoms with Crippen molar-refractivity contribution in [3.63, 3.8) is 0 Å². The number of hydrogen-bond acceptors (Lipinski definition) is 2. The van der Waals surface area contributed by atoms with Crippen molar-refractivity contribution in [3.8, 4) is 5.75 Å². The van der Waals surface area contributed by atoms with Gasteiger partial charge in [-0.3, -0.25) is 0 Å². The summed E-state index contributed by atoms with van der Waals surface area (Å²) in [6.45, 7) is 12.1. The highest BCUT2D eigenvalue weighted by Crippen LogP contribution is 2.27. The average molecular weight is 311 g/mol. The molecule has 2 aromatic carbocycles. The maximum Gasteiger partial charge on any atom is 0.119 e. The van der Waals surface area contributed by atoms with Crippen LogP contribution in [0.5, 0.6) is 5.75 Å². The highest BCUT2D eigenvalue weighted by molar-refractivity contribution is 5.40. The Morgan fingerprint density at radius 1 is 0.870 bits per heavy atom. The summed E-state index contributed by atoms with van der Waals surface area (Å²) in [6.07, 6.45) is 0.939. The van der Waals surface area contributed by atoms with Crippen molar-refractivity contribution in [1.82, 2.24) is 0 Å². The number of nitrogens with two attached hydrogens (primary N) is 1. The molecule has 2 nitrogen and oxygen atoms in total. The lowest BCUT2D eigenvalue weighted by Crippen LogP contribution is -2.18. The summed E-state index contributed by atoms with van der Waals surface area (Å²) in [4.78, 5) is 0. The van der Waals surface area contributed by atoms with Gasteiger partial charge in [0, 0.05) is 0 Å². The third kappa shape index (κ3) is 4.35. The van der Waals surface area contributed by atoms with Crippen LogP contribution in [0.3, 0.4) is 0 Å². The molecule has 1 unspecified atom stereocenters. The molecule has 0 amide bonds. The second-order valence-electron chi connectivity index (χ2n) is 6.63. The quantitative estimate of drug-likeness (QED) is 0.836. The highest BCUT2D eigenvalue weighted by atomic mass is 16.5. The van der Waals surface area contributed by atoms with Crippen molar-refractivity contribution < 1.29 is 4.74 Å². The molecule has 0 saturated heterocycles. The summed E-state index contributed by atoms with van der Waals surface area (Å²) in [5, 5.41) is 0. The van der Waals surface area contributed by atoms with Gasteiger partial charge >= 0.3 is 0 Å². The van der Waals surface area contributed by atoms with Gasteiger partial charge in [-0.25, -0.2) is 0 Å². The Morgan fingerprint density at radius 2 is 1.52 bits per heavy atom. The van der Waals surface area contributed by atoms with E-state index in [1.807, 2.05) is 6.07 Å². The molecule has 2 heteroatoms. The molecule has 0 spiro atoms. The van der Waals surface area contributed by atoms with E-state index in [2.05, 4.69) is 58.9 Å². The second kappa shape index (κ2) is 7.65. The maximum absolute atomic E-state index is 6.05. The zero-order chi connectivity index (χ0) is 17.0. The molecule has 2 rings (SSSR count). The minimum Gasteiger partial charge on any atom is -0.494 e. The molecule has 124 valence electrons. The molecule has 0 radical (unpaired) electrons. The highest BCUT2D eigenvalue weighted by Gasteiger charge is 2.15. The summed E-state index contributed by atoms with van der Waals surface area (Å²) in [5.74, 6) is 1.29. The summed E-state index contributed by atoms with van der Waals surface area (Å²) >= 11 is 0. The van der Waals surface area contributed by atoms with E-state index in [-0.39, 0.29) is 0 Å². The van der Waals surface area contributed by atoms with Gasteiger partial charge in [-0.05, 0) is 93.5 Å². The summed E-state index contributed by atoms with van der Waals surface area (Å²) in [5.41, 5.74) is 14.0. The largest absolute Gasteiger partial charge is 0.494 e. The van der Waals surface area contributed by atoms with Gasteiger partial charge in [0.25, 0.3) is 0 Å². The minimum absolute atomic E-state index is 0.349. The monoisotopic (exact) mass is 311 g/mol. The molecule has 23 heavy (non-hydrogen) atoms. The molecule has 0 aliphatic rings. The SMILES string of the molecule is Cc1cc(C)c(C(CN)CCOc2ccc(C)c(C)c2)c(C)c1. The molecule has 0 fully saturated rings. The Hall–Kier alpha value is -1.80. The van der Waals surface area contributed by atoms with Crippen LogP contribution >= 0.6 is 0 Å². The van der Waals surface area contributed by atoms with Gasteiger partial charge in [-0.1, -0.05) is 23.8 Å². The smallest absolute Gasteiger partial charge is 0.119 e. The Kier molecular flexibility index (Phi) is 5.84. The van der Waals surface area contributed by atoms with Gasteiger partial charge in [-0.2, -0.15) is 0 Å². The van der Waals surface area contributed by atoms with Gasteiger partial charge < -0.3 is 10.5 Å². The summed E-state index contributed by atoms with van der Waals surface area (Å²) in [6, 6.07) is 10.8. The Morgan fingerprint density at radius 3 is 2.09 bits per heavy atom. The van der Waals surface area contributed by atoms with E-state index < -0.39 is 0 Å². The van der Waals surface area contributed by atoms with Crippen LogP contribution in [0.1, 0.15) is 45.7 Å². The number of benzene rings is 2. The second-order valence-corrected chi connectivity index (χ2v) is 6.63. The minimum atomic E-state index is 0.349. The zero-order valence-corrected chi connectivity index (χ0v) is 15.1. The van der Waals surface area contributed by atoms with Gasteiger partial charge in [0.2, 0.25) is 0 Å². The first-order valence-electron chi connectivity index (χ1n) is 8.40. The summed E-state index contributed by atoms with van der Waals surface area (Å²) in [7, 11) is 0. The van der Waals surface area contributed by atoms with E-state index in [1.54, 1.807) is 0 Å². The van der Waals surface area contributed by atoms with Crippen molar-refractivity contribution in [2.45, 2.75) is 47.0 Å². The first kappa shape index (κ1) is 17.6. The Labute approximate surface area is 140 Å². The lowest BCUT2D eigenvalue weighted by molar-refractivity contribution is 0.298. The van der Waals surface area contributed by atoms with E-state index >= 15 is 0 Å². The predicted molar refractivity (Wildman–Crippen MR) is 98.5 cm³/mol. The first-order valence-corrected chi connectivity index (χ1v) is 8.40. The van der Waals surface area contributed by atoms with Gasteiger partial charge in [-0.15, -0.1) is 0 Å². The molecule has 0 aliphatic heterocycles. The van der Waals surface area contributed by atoms with E-state index in [0.29, 0.717) is 19.1 Å². The van der Waals surface area contributed by atoms with Crippen molar-refractivity contribution in [3.05, 3.63) is 63.7 Å². The Balaban J connectivity index is 2.04. The molecule has 2 N–H and O–H groups in total. The average Bonchev–Trinajstić information content (AvgIpc) is 2.48. The number of hydrogen-bond donors (Lipinski definition) is 1. The predicted octanol–water partition coefficient (Wildman–Crippen LogP) is 4.74. The standard InChI is InChI=1S/C21H29NO/c1-14-10-17(4)21(18(5)11-14)19(13-22)8-9-23-20-7-6-15(2)16(3)12-20/h6-7,10-12,19H,8-9,13,22H2,1-5H3. The lowest BCUT2D eigenvalue weighted by atomic mass is 9.87. The van der Waals surface area contributed by atoms with Crippen LogP contribution in [-0.2, 0) is 0 Å². The van der Waals surface area contributed by atoms with Crippen molar-refractivity contribution in [2.75, 3.05) is 13.2 Å². The van der Waals surface area contributed by atoms with E-state index in [1.165, 1.54) is 33.4 Å². The topological polar surface area (TPSA) is 35.2 Å². The Bertz CT molecular complexity index is 653. The van der Waals surface area contributed by atoms with Gasteiger partial charge in [0.1, 0.15) is 5.75 Å². The molecular weight excluding hydrogens is 282 g/mol. The van der Waals surface area contributed by atoms with Crippen LogP contribution in [0, 0.1) is 34.6 Å². The summed E-state index contributed by atoms with van der Waals surface area (Å²) < 4.78 is 5.94. The molecule has 0 aromatic heterocycles. The fourth-order valence-electron chi connectivity index (χ4n) is 3.34. The van der Waals surface area contributed by atoms with Crippen molar-refractivity contribution in [1.29, 1.82) is 0 Å². The van der Waals surface area contributed by atoms with Gasteiger partial charge in [0.05, 0.1) is 6.61 Å². The van der Waals surface area contributed by atoms with Gasteiger partial charge in [0.15, 0.2) is 0 Å². The molecule has 1 atom stereocenters. The van der Waals surface area contributed by atoms with Crippen LogP contribution in [0.2, 0.25) is 0 Å². The fraction of sp³-hybridized carbons (Fsp3) is 0.429. The molecule has 0 saturated carbocycles. The van der Waals surface area contributed by atoms with Crippen LogP contribution in [0.25, 0.3) is 0 Å².